The van der Waals surface area contributed by atoms with Gasteiger partial charge in [0.05, 0.1) is 25.2 Å². The Labute approximate surface area is 256 Å². The molecule has 1 rings (SSSR count). The molecule has 47 heavy (non-hydrogen) atoms. The van der Waals surface area contributed by atoms with Crippen LogP contribution in [0.5, 0.6) is 5.75 Å². The van der Waals surface area contributed by atoms with Crippen molar-refractivity contribution in [2.75, 3.05) is 13.2 Å². The fourth-order valence-electron chi connectivity index (χ4n) is 3.82. The van der Waals surface area contributed by atoms with Crippen LogP contribution >= 0.6 is 0 Å². The summed E-state index contributed by atoms with van der Waals surface area (Å²) in [6.45, 7) is 0.350. The molecule has 0 atom stereocenters. The highest BCUT2D eigenvalue weighted by atomic mass is 19.4. The molecule has 0 aliphatic rings. The molecule has 0 aliphatic carbocycles. The monoisotopic (exact) mass is 724 g/mol. The lowest BCUT2D eigenvalue weighted by atomic mass is 9.88. The maximum Gasteiger partial charge on any atom is 0.460 e. The molecule has 274 valence electrons. The first-order chi connectivity index (χ1) is 21.2. The third-order valence-electron chi connectivity index (χ3n) is 6.79. The van der Waals surface area contributed by atoms with Crippen LogP contribution in [0.15, 0.2) is 24.3 Å². The first-order valence-electron chi connectivity index (χ1n) is 13.8. The highest BCUT2D eigenvalue weighted by Gasteiger charge is 2.95. The van der Waals surface area contributed by atoms with Crippen LogP contribution in [0.4, 0.5) is 74.6 Å². The van der Waals surface area contributed by atoms with Crippen LogP contribution in [0.2, 0.25) is 0 Å². The second-order valence-corrected chi connectivity index (χ2v) is 10.4. The van der Waals surface area contributed by atoms with Crippen LogP contribution in [-0.2, 0) is 4.74 Å². The summed E-state index contributed by atoms with van der Waals surface area (Å²) in [5.41, 5.74) is -0.469. The van der Waals surface area contributed by atoms with E-state index >= 15 is 0 Å². The molecular formula is C27H29F17O3. The minimum absolute atomic E-state index is 0.217. The Kier molecular flexibility index (Phi) is 13.7. The minimum Gasteiger partial charge on any atom is -0.494 e. The maximum atomic E-state index is 14.0. The van der Waals surface area contributed by atoms with E-state index in [9.17, 15) is 79.4 Å². The van der Waals surface area contributed by atoms with E-state index in [1.165, 1.54) is 12.1 Å². The Morgan fingerprint density at radius 2 is 0.936 bits per heavy atom. The average molecular weight is 724 g/mol. The molecule has 0 saturated heterocycles. The molecule has 0 aromatic heterocycles. The van der Waals surface area contributed by atoms with Gasteiger partial charge in [0.15, 0.2) is 0 Å². The third-order valence-corrected chi connectivity index (χ3v) is 6.79. The number of esters is 1. The second-order valence-electron chi connectivity index (χ2n) is 10.4. The summed E-state index contributed by atoms with van der Waals surface area (Å²) >= 11 is 0. The van der Waals surface area contributed by atoms with Crippen LogP contribution < -0.4 is 4.74 Å². The van der Waals surface area contributed by atoms with Crippen molar-refractivity contribution in [1.29, 1.82) is 0 Å². The molecule has 0 saturated carbocycles. The molecular weight excluding hydrogens is 695 g/mol. The summed E-state index contributed by atoms with van der Waals surface area (Å²) in [6.07, 6.45) is -2.60. The second kappa shape index (κ2) is 15.2. The molecule has 0 fully saturated rings. The Hall–Kier alpha value is -2.70. The van der Waals surface area contributed by atoms with E-state index in [0.717, 1.165) is 57.1 Å². The number of carbonyl (C=O) groups excluding carboxylic acids is 1. The predicted molar refractivity (Wildman–Crippen MR) is 130 cm³/mol. The average Bonchev–Trinajstić information content (AvgIpc) is 2.95. The van der Waals surface area contributed by atoms with E-state index < -0.39 is 72.2 Å². The predicted octanol–water partition coefficient (Wildman–Crippen LogP) is 10.8. The summed E-state index contributed by atoms with van der Waals surface area (Å²) in [5, 5.41) is 0. The van der Waals surface area contributed by atoms with Crippen LogP contribution in [-0.4, -0.2) is 66.8 Å². The van der Waals surface area contributed by atoms with E-state index in [1.54, 1.807) is 0 Å². The van der Waals surface area contributed by atoms with Crippen molar-refractivity contribution in [1.82, 2.24) is 0 Å². The van der Waals surface area contributed by atoms with E-state index in [2.05, 4.69) is 11.7 Å². The summed E-state index contributed by atoms with van der Waals surface area (Å²) in [7, 11) is 0. The fraction of sp³-hybridized carbons (Fsp3) is 0.741. The Balaban J connectivity index is 2.87. The molecule has 3 nitrogen and oxygen atoms in total. The number of halogens is 17. The first kappa shape index (κ1) is 42.3. The van der Waals surface area contributed by atoms with E-state index in [1.807, 2.05) is 0 Å². The molecule has 0 bridgehead atoms. The third kappa shape index (κ3) is 8.67. The molecule has 0 heterocycles. The van der Waals surface area contributed by atoms with Gasteiger partial charge in [-0.1, -0.05) is 51.9 Å². The van der Waals surface area contributed by atoms with Crippen LogP contribution in [0.1, 0.15) is 75.1 Å². The number of unbranched alkanes of at least 4 members (excludes halogenated alkanes) is 7. The van der Waals surface area contributed by atoms with E-state index in [0.29, 0.717) is 6.42 Å². The summed E-state index contributed by atoms with van der Waals surface area (Å²) in [4.78, 5) is 12.0. The molecule has 0 unspecified atom stereocenters. The summed E-state index contributed by atoms with van der Waals surface area (Å²) in [5.74, 6) is -58.4. The van der Waals surface area contributed by atoms with Crippen molar-refractivity contribution in [3.05, 3.63) is 29.8 Å². The van der Waals surface area contributed by atoms with Crippen LogP contribution in [0, 0.1) is 0 Å². The Morgan fingerprint density at radius 1 is 0.532 bits per heavy atom. The van der Waals surface area contributed by atoms with Crippen molar-refractivity contribution in [2.24, 2.45) is 0 Å². The zero-order valence-electron chi connectivity index (χ0n) is 24.2. The van der Waals surface area contributed by atoms with Crippen molar-refractivity contribution in [3.63, 3.8) is 0 Å². The molecule has 0 aliphatic heterocycles. The molecule has 1 aromatic carbocycles. The lowest BCUT2D eigenvalue weighted by Crippen LogP contribution is -2.74. The van der Waals surface area contributed by atoms with Gasteiger partial charge < -0.3 is 9.47 Å². The van der Waals surface area contributed by atoms with Crippen molar-refractivity contribution >= 4 is 5.97 Å². The topological polar surface area (TPSA) is 35.5 Å². The largest absolute Gasteiger partial charge is 0.494 e. The van der Waals surface area contributed by atoms with Crippen molar-refractivity contribution in [3.8, 4) is 5.75 Å². The normalized spacial score (nSPS) is 14.3. The Bertz CT molecular complexity index is 1130. The number of rotatable bonds is 20. The molecule has 0 spiro atoms. The van der Waals surface area contributed by atoms with Gasteiger partial charge in [-0.3, -0.25) is 0 Å². The van der Waals surface area contributed by atoms with Crippen LogP contribution in [0.25, 0.3) is 0 Å². The summed E-state index contributed by atoms with van der Waals surface area (Å²) < 4.78 is 236. The van der Waals surface area contributed by atoms with Gasteiger partial charge in [0.1, 0.15) is 5.75 Å². The van der Waals surface area contributed by atoms with Gasteiger partial charge in [-0.15, -0.1) is 0 Å². The number of hydrogen-bond donors (Lipinski definition) is 0. The van der Waals surface area contributed by atoms with Gasteiger partial charge in [-0.2, -0.15) is 74.6 Å². The lowest BCUT2D eigenvalue weighted by Gasteiger charge is -2.42. The van der Waals surface area contributed by atoms with Gasteiger partial charge in [-0.25, -0.2) is 4.79 Å². The molecule has 0 amide bonds. The van der Waals surface area contributed by atoms with Gasteiger partial charge >= 0.3 is 53.6 Å². The number of carbonyl (C=O) groups is 1. The molecule has 0 N–H and O–H groups in total. The highest BCUT2D eigenvalue weighted by molar-refractivity contribution is 5.89. The maximum absolute atomic E-state index is 14.0. The summed E-state index contributed by atoms with van der Waals surface area (Å²) in [6, 6.07) is 4.33. The quantitative estimate of drug-likeness (QED) is 0.0763. The van der Waals surface area contributed by atoms with Gasteiger partial charge in [0.2, 0.25) is 0 Å². The zero-order chi connectivity index (χ0) is 36.8. The van der Waals surface area contributed by atoms with Gasteiger partial charge in [0.25, 0.3) is 0 Å². The zero-order valence-corrected chi connectivity index (χ0v) is 24.2. The SMILES string of the molecule is CCCCCCCCCCOc1ccc(C(=O)OCCC(F)(F)C(F)(F)C(F)(F)C(F)(F)C(F)(F)C(F)(F)C(F)(F)C(F)(F)F)cc1. The molecule has 20 heteroatoms. The number of benzene rings is 1. The van der Waals surface area contributed by atoms with Gasteiger partial charge in [-0.05, 0) is 30.7 Å². The Morgan fingerprint density at radius 3 is 1.38 bits per heavy atom. The number of alkyl halides is 17. The molecule has 1 aromatic rings. The first-order valence-corrected chi connectivity index (χ1v) is 13.8. The van der Waals surface area contributed by atoms with Crippen molar-refractivity contribution < 1.29 is 88.9 Å². The fourth-order valence-corrected chi connectivity index (χ4v) is 3.82. The molecule has 0 radical (unpaired) electrons. The van der Waals surface area contributed by atoms with E-state index in [4.69, 9.17) is 4.74 Å². The number of hydrogen-bond acceptors (Lipinski definition) is 3. The lowest BCUT2D eigenvalue weighted by molar-refractivity contribution is -0.461. The van der Waals surface area contributed by atoms with Crippen LogP contribution in [0.3, 0.4) is 0 Å². The van der Waals surface area contributed by atoms with Gasteiger partial charge in [0, 0.05) is 0 Å². The number of ether oxygens (including phenoxy) is 2. The van der Waals surface area contributed by atoms with E-state index in [-0.39, 0.29) is 12.4 Å². The standard InChI is InChI=1S/C27H29F17O3/c1-2-3-4-5-6-7-8-9-15-46-18-12-10-17(11-13-18)19(45)47-16-14-20(28,29)21(30,31)22(32,33)23(34,35)24(36,37)25(38,39)26(40,41)27(42,43)44/h10-13H,2-9,14-16H2,1H3. The van der Waals surface area contributed by atoms with Crippen molar-refractivity contribution in [2.45, 2.75) is 112 Å². The smallest absolute Gasteiger partial charge is 0.460 e. The minimum atomic E-state index is -8.70. The highest BCUT2D eigenvalue weighted by Crippen LogP contribution is 2.64.